The summed E-state index contributed by atoms with van der Waals surface area (Å²) in [5.41, 5.74) is 0. The molecule has 21 heavy (non-hydrogen) atoms. The summed E-state index contributed by atoms with van der Waals surface area (Å²) < 4.78 is 35.4. The molecule has 2 saturated heterocycles. The lowest BCUT2D eigenvalue weighted by Gasteiger charge is -2.51. The molecule has 122 valence electrons. The molecule has 0 radical (unpaired) electrons. The molecular formula is C8H13NO11S. The van der Waals surface area contributed by atoms with Crippen molar-refractivity contribution in [2.24, 2.45) is 0 Å². The maximum Gasteiger partial charge on any atom is 0.406 e. The summed E-state index contributed by atoms with van der Waals surface area (Å²) in [6.07, 6.45) is -4.15. The van der Waals surface area contributed by atoms with Crippen molar-refractivity contribution in [1.29, 1.82) is 0 Å². The van der Waals surface area contributed by atoms with Crippen LogP contribution in [0.1, 0.15) is 6.92 Å². The van der Waals surface area contributed by atoms with Gasteiger partial charge in [0.05, 0.1) is 6.61 Å². The fourth-order valence-electron chi connectivity index (χ4n) is 2.09. The Bertz CT molecular complexity index is 565. The number of nitrogens with one attached hydrogen (secondary N) is 1. The third-order valence-corrected chi connectivity index (χ3v) is 3.90. The number of hydrogen-bond donors (Lipinski definition) is 6. The van der Waals surface area contributed by atoms with Gasteiger partial charge in [-0.3, -0.25) is 4.79 Å². The van der Waals surface area contributed by atoms with Crippen LogP contribution in [-0.4, -0.2) is 76.2 Å². The van der Waals surface area contributed by atoms with Crippen LogP contribution in [0.4, 0.5) is 0 Å². The van der Waals surface area contributed by atoms with Crippen LogP contribution in [0, 0.1) is 0 Å². The Hall–Kier alpha value is -0.900. The Morgan fingerprint density at radius 1 is 1.29 bits per heavy atom. The lowest BCUT2D eigenvalue weighted by molar-refractivity contribution is -0.486. The zero-order valence-electron chi connectivity index (χ0n) is 10.5. The standard InChI is InChI=1S/C8H13NO11S/c1-3(11)9-8(15)7(14)6(13,19-21(16,17)20-7)5(12)4(2-10)18-8/h4-5,10,12-15H,2H2,1H3,(H,9,11)/t4-,5+,6+,7-,8?/m1/s1. The number of aliphatic hydroxyl groups is 5. The summed E-state index contributed by atoms with van der Waals surface area (Å²) >= 11 is 0. The van der Waals surface area contributed by atoms with Gasteiger partial charge < -0.3 is 35.6 Å². The Kier molecular flexibility index (Phi) is 3.57. The molecule has 2 aliphatic rings. The zero-order valence-corrected chi connectivity index (χ0v) is 11.3. The molecular weight excluding hydrogens is 318 g/mol. The first-order valence-electron chi connectivity index (χ1n) is 5.49. The maximum atomic E-state index is 11.3. The van der Waals surface area contributed by atoms with E-state index in [2.05, 4.69) is 13.1 Å². The van der Waals surface area contributed by atoms with Crippen LogP contribution in [0.15, 0.2) is 0 Å². The van der Waals surface area contributed by atoms with E-state index in [9.17, 15) is 33.6 Å². The predicted molar refractivity (Wildman–Crippen MR) is 57.7 cm³/mol. The van der Waals surface area contributed by atoms with Gasteiger partial charge in [0.15, 0.2) is 0 Å². The lowest BCUT2D eigenvalue weighted by atomic mass is 9.89. The third kappa shape index (κ3) is 2.14. The van der Waals surface area contributed by atoms with Crippen molar-refractivity contribution in [3.05, 3.63) is 0 Å². The molecule has 2 heterocycles. The first kappa shape index (κ1) is 16.5. The van der Waals surface area contributed by atoms with E-state index in [1.807, 2.05) is 0 Å². The first-order valence-corrected chi connectivity index (χ1v) is 6.83. The Morgan fingerprint density at radius 3 is 2.33 bits per heavy atom. The minimum Gasteiger partial charge on any atom is -0.394 e. The SMILES string of the molecule is CC(=O)NC1(O)O[C@H](CO)[C@H](O)[C@]2(O)OS(=O)(=O)O[C@@]12O. The maximum absolute atomic E-state index is 11.3. The number of fused-ring (bicyclic) bond motifs is 1. The molecule has 0 aromatic carbocycles. The molecule has 1 unspecified atom stereocenters. The largest absolute Gasteiger partial charge is 0.406 e. The molecule has 0 aromatic rings. The molecule has 0 bridgehead atoms. The van der Waals surface area contributed by atoms with E-state index < -0.39 is 52.6 Å². The second-order valence-electron chi connectivity index (χ2n) is 4.52. The molecule has 0 saturated carbocycles. The molecule has 2 aliphatic heterocycles. The first-order chi connectivity index (χ1) is 9.41. The van der Waals surface area contributed by atoms with Crippen LogP contribution < -0.4 is 5.32 Å². The highest BCUT2D eigenvalue weighted by Gasteiger charge is 2.81. The lowest BCUT2D eigenvalue weighted by Crippen LogP contribution is -2.82. The van der Waals surface area contributed by atoms with Gasteiger partial charge in [-0.15, -0.1) is 0 Å². The van der Waals surface area contributed by atoms with Crippen LogP contribution in [-0.2, 0) is 28.3 Å². The fourth-order valence-corrected chi connectivity index (χ4v) is 3.18. The normalized spacial score (nSPS) is 48.7. The van der Waals surface area contributed by atoms with Crippen molar-refractivity contribution in [3.63, 3.8) is 0 Å². The minimum atomic E-state index is -5.05. The average Bonchev–Trinajstić information content (AvgIpc) is 2.51. The summed E-state index contributed by atoms with van der Waals surface area (Å²) in [5, 5.41) is 50.8. The molecule has 12 nitrogen and oxygen atoms in total. The van der Waals surface area contributed by atoms with Crippen molar-refractivity contribution >= 4 is 16.3 Å². The molecule has 0 spiro atoms. The Morgan fingerprint density at radius 2 is 1.86 bits per heavy atom. The molecule has 6 N–H and O–H groups in total. The van der Waals surface area contributed by atoms with Gasteiger partial charge in [-0.2, -0.15) is 12.6 Å². The average molecular weight is 331 g/mol. The molecule has 5 atom stereocenters. The molecule has 0 aromatic heterocycles. The topological polar surface area (TPSA) is 192 Å². The summed E-state index contributed by atoms with van der Waals surface area (Å²) in [7, 11) is -5.05. The van der Waals surface area contributed by atoms with Gasteiger partial charge in [0.1, 0.15) is 12.2 Å². The number of carbonyl (C=O) groups is 1. The zero-order chi connectivity index (χ0) is 16.3. The van der Waals surface area contributed by atoms with Crippen LogP contribution in [0.25, 0.3) is 0 Å². The van der Waals surface area contributed by atoms with Crippen molar-refractivity contribution in [3.8, 4) is 0 Å². The highest BCUT2D eigenvalue weighted by atomic mass is 32.3. The number of hydrogen-bond acceptors (Lipinski definition) is 11. The Labute approximate surface area is 117 Å². The monoisotopic (exact) mass is 331 g/mol. The van der Waals surface area contributed by atoms with Gasteiger partial charge in [0.25, 0.3) is 5.79 Å². The van der Waals surface area contributed by atoms with E-state index in [0.29, 0.717) is 0 Å². The molecule has 0 aliphatic carbocycles. The second kappa shape index (κ2) is 4.55. The summed E-state index contributed by atoms with van der Waals surface area (Å²) in [6, 6.07) is 0. The highest BCUT2D eigenvalue weighted by molar-refractivity contribution is 7.82. The number of aliphatic hydroxyl groups excluding tert-OH is 2. The van der Waals surface area contributed by atoms with Gasteiger partial charge in [-0.05, 0) is 0 Å². The molecule has 2 fully saturated rings. The highest BCUT2D eigenvalue weighted by Crippen LogP contribution is 2.49. The van der Waals surface area contributed by atoms with Crippen molar-refractivity contribution < 1.29 is 51.8 Å². The van der Waals surface area contributed by atoms with Gasteiger partial charge >= 0.3 is 22.1 Å². The molecule has 1 amide bonds. The van der Waals surface area contributed by atoms with E-state index in [1.54, 1.807) is 5.32 Å². The molecule has 13 heteroatoms. The van der Waals surface area contributed by atoms with Crippen LogP contribution in [0.5, 0.6) is 0 Å². The number of carbonyl (C=O) groups excluding carboxylic acids is 1. The Balaban J connectivity index is 2.60. The van der Waals surface area contributed by atoms with Crippen molar-refractivity contribution in [2.45, 2.75) is 36.6 Å². The van der Waals surface area contributed by atoms with Crippen LogP contribution in [0.2, 0.25) is 0 Å². The minimum absolute atomic E-state index is 0.868. The summed E-state index contributed by atoms with van der Waals surface area (Å²) in [4.78, 5) is 11.1. The van der Waals surface area contributed by atoms with E-state index in [0.717, 1.165) is 6.92 Å². The van der Waals surface area contributed by atoms with E-state index in [-0.39, 0.29) is 0 Å². The van der Waals surface area contributed by atoms with Crippen molar-refractivity contribution in [2.75, 3.05) is 6.61 Å². The second-order valence-corrected chi connectivity index (χ2v) is 5.67. The summed E-state index contributed by atoms with van der Waals surface area (Å²) in [6.45, 7) is -0.155. The van der Waals surface area contributed by atoms with E-state index in [4.69, 9.17) is 5.11 Å². The van der Waals surface area contributed by atoms with Gasteiger partial charge in [0.2, 0.25) is 5.91 Å². The number of rotatable bonds is 2. The third-order valence-electron chi connectivity index (χ3n) is 3.00. The van der Waals surface area contributed by atoms with E-state index >= 15 is 0 Å². The van der Waals surface area contributed by atoms with Gasteiger partial charge in [0, 0.05) is 6.92 Å². The van der Waals surface area contributed by atoms with Gasteiger partial charge in [-0.25, -0.2) is 4.18 Å². The van der Waals surface area contributed by atoms with Crippen molar-refractivity contribution in [1.82, 2.24) is 5.32 Å². The number of amides is 1. The molecule has 2 rings (SSSR count). The van der Waals surface area contributed by atoms with Gasteiger partial charge in [-0.1, -0.05) is 0 Å². The summed E-state index contributed by atoms with van der Waals surface area (Å²) in [5.74, 6) is -11.4. The smallest absolute Gasteiger partial charge is 0.394 e. The van der Waals surface area contributed by atoms with E-state index in [1.165, 1.54) is 0 Å². The predicted octanol–water partition coefficient (Wildman–Crippen LogP) is -4.81. The van der Waals surface area contributed by atoms with Crippen LogP contribution in [0.3, 0.4) is 0 Å². The number of ether oxygens (including phenoxy) is 1. The van der Waals surface area contributed by atoms with Crippen LogP contribution >= 0.6 is 0 Å². The quantitative estimate of drug-likeness (QED) is 0.266. The fraction of sp³-hybridized carbons (Fsp3) is 0.875.